The first-order chi connectivity index (χ1) is 8.61. The van der Waals surface area contributed by atoms with Gasteiger partial charge in [0.15, 0.2) is 0 Å². The first kappa shape index (κ1) is 15.0. The van der Waals surface area contributed by atoms with E-state index in [0.717, 1.165) is 13.1 Å². The highest BCUT2D eigenvalue weighted by Crippen LogP contribution is 2.22. The first-order valence-corrected chi connectivity index (χ1v) is 5.18. The largest absolute Gasteiger partial charge is 0.406 e. The lowest BCUT2D eigenvalue weighted by atomic mass is 10.1. The number of nitrogen functional groups attached to an aromatic ring is 1. The standard InChI is InChI=1S/C12H12F4N2O/c1-7(8-3-4-10(17)9(13)5-8)11(19)18(2)6-12(14,15)16/h3-5H,1,6,17H2,2H3. The molecule has 0 aliphatic heterocycles. The molecule has 1 aromatic carbocycles. The second kappa shape index (κ2) is 5.29. The van der Waals surface area contributed by atoms with Crippen LogP contribution in [0.15, 0.2) is 24.8 Å². The molecule has 104 valence electrons. The summed E-state index contributed by atoms with van der Waals surface area (Å²) in [5.74, 6) is -1.69. The number of nitrogens with two attached hydrogens (primary N) is 1. The molecule has 0 aliphatic carbocycles. The third kappa shape index (κ3) is 3.97. The predicted molar refractivity (Wildman–Crippen MR) is 63.5 cm³/mol. The summed E-state index contributed by atoms with van der Waals surface area (Å²) in [7, 11) is 0.995. The molecule has 3 nitrogen and oxygen atoms in total. The van der Waals surface area contributed by atoms with E-state index in [1.54, 1.807) is 0 Å². The maximum Gasteiger partial charge on any atom is 0.406 e. The molecule has 0 saturated heterocycles. The van der Waals surface area contributed by atoms with Crippen LogP contribution in [0.3, 0.4) is 0 Å². The molecular formula is C12H12F4N2O. The Morgan fingerprint density at radius 1 is 1.42 bits per heavy atom. The SMILES string of the molecule is C=C(C(=O)N(C)CC(F)(F)F)c1ccc(N)c(F)c1. The van der Waals surface area contributed by atoms with Gasteiger partial charge in [-0.05, 0) is 17.7 Å². The monoisotopic (exact) mass is 276 g/mol. The van der Waals surface area contributed by atoms with E-state index in [-0.39, 0.29) is 16.8 Å². The van der Waals surface area contributed by atoms with Gasteiger partial charge in [0.1, 0.15) is 12.4 Å². The summed E-state index contributed by atoms with van der Waals surface area (Å²) in [5, 5.41) is 0. The van der Waals surface area contributed by atoms with Crippen molar-refractivity contribution in [3.8, 4) is 0 Å². The molecule has 7 heteroatoms. The summed E-state index contributed by atoms with van der Waals surface area (Å²) in [6, 6.07) is 3.49. The van der Waals surface area contributed by atoms with Gasteiger partial charge in [-0.3, -0.25) is 4.79 Å². The molecule has 0 radical (unpaired) electrons. The zero-order chi connectivity index (χ0) is 14.8. The van der Waals surface area contributed by atoms with Gasteiger partial charge in [-0.1, -0.05) is 12.6 Å². The normalized spacial score (nSPS) is 11.2. The van der Waals surface area contributed by atoms with Crippen LogP contribution in [0, 0.1) is 5.82 Å². The minimum atomic E-state index is -4.50. The average molecular weight is 276 g/mol. The van der Waals surface area contributed by atoms with Crippen LogP contribution in [0.2, 0.25) is 0 Å². The van der Waals surface area contributed by atoms with Gasteiger partial charge < -0.3 is 10.6 Å². The number of alkyl halides is 3. The van der Waals surface area contributed by atoms with Crippen LogP contribution in [-0.4, -0.2) is 30.6 Å². The molecule has 19 heavy (non-hydrogen) atoms. The molecule has 0 aliphatic rings. The Morgan fingerprint density at radius 2 is 2.00 bits per heavy atom. The Bertz CT molecular complexity index is 511. The van der Waals surface area contributed by atoms with Gasteiger partial charge in [-0.25, -0.2) is 4.39 Å². The highest BCUT2D eigenvalue weighted by atomic mass is 19.4. The number of halogens is 4. The van der Waals surface area contributed by atoms with Crippen LogP contribution in [0.4, 0.5) is 23.2 Å². The van der Waals surface area contributed by atoms with E-state index < -0.39 is 24.4 Å². The van der Waals surface area contributed by atoms with E-state index in [1.165, 1.54) is 12.1 Å². The number of benzene rings is 1. The summed E-state index contributed by atoms with van der Waals surface area (Å²) in [6.07, 6.45) is -4.50. The maximum absolute atomic E-state index is 13.2. The maximum atomic E-state index is 13.2. The molecule has 1 amide bonds. The summed E-state index contributed by atoms with van der Waals surface area (Å²) in [5.41, 5.74) is 5.00. The lowest BCUT2D eigenvalue weighted by molar-refractivity contribution is -0.154. The van der Waals surface area contributed by atoms with Crippen molar-refractivity contribution < 1.29 is 22.4 Å². The van der Waals surface area contributed by atoms with Gasteiger partial charge >= 0.3 is 6.18 Å². The number of carbonyl (C=O) groups is 1. The van der Waals surface area contributed by atoms with Crippen molar-refractivity contribution in [3.05, 3.63) is 36.2 Å². The van der Waals surface area contributed by atoms with Crippen LogP contribution >= 0.6 is 0 Å². The first-order valence-electron chi connectivity index (χ1n) is 5.18. The highest BCUT2D eigenvalue weighted by molar-refractivity contribution is 6.18. The van der Waals surface area contributed by atoms with Gasteiger partial charge in [0.25, 0.3) is 5.91 Å². The van der Waals surface area contributed by atoms with Crippen molar-refractivity contribution in [2.45, 2.75) is 6.18 Å². The molecule has 0 bridgehead atoms. The smallest absolute Gasteiger partial charge is 0.396 e. The van der Waals surface area contributed by atoms with E-state index in [9.17, 15) is 22.4 Å². The Morgan fingerprint density at radius 3 is 2.47 bits per heavy atom. The quantitative estimate of drug-likeness (QED) is 0.523. The summed E-state index contributed by atoms with van der Waals surface area (Å²) in [6.45, 7) is 1.98. The molecule has 0 saturated carbocycles. The van der Waals surface area contributed by atoms with Crippen LogP contribution in [0.5, 0.6) is 0 Å². The Hall–Kier alpha value is -2.05. The van der Waals surface area contributed by atoms with E-state index in [1.807, 2.05) is 0 Å². The fraction of sp³-hybridized carbons (Fsp3) is 0.250. The number of hydrogen-bond donors (Lipinski definition) is 1. The number of likely N-dealkylation sites (N-methyl/N-ethyl adjacent to an activating group) is 1. The van der Waals surface area contributed by atoms with E-state index in [2.05, 4.69) is 6.58 Å². The van der Waals surface area contributed by atoms with Gasteiger partial charge in [0, 0.05) is 12.6 Å². The van der Waals surface area contributed by atoms with Crippen molar-refractivity contribution in [2.24, 2.45) is 0 Å². The van der Waals surface area contributed by atoms with Gasteiger partial charge in [0.2, 0.25) is 0 Å². The Balaban J connectivity index is 2.88. The van der Waals surface area contributed by atoms with Crippen molar-refractivity contribution in [3.63, 3.8) is 0 Å². The molecule has 0 unspecified atom stereocenters. The van der Waals surface area contributed by atoms with Gasteiger partial charge in [-0.2, -0.15) is 13.2 Å². The summed E-state index contributed by atoms with van der Waals surface area (Å²) >= 11 is 0. The molecular weight excluding hydrogens is 264 g/mol. The number of hydrogen-bond acceptors (Lipinski definition) is 2. The zero-order valence-electron chi connectivity index (χ0n) is 10.1. The Kier molecular flexibility index (Phi) is 4.18. The molecule has 0 heterocycles. The fourth-order valence-electron chi connectivity index (χ4n) is 1.41. The fourth-order valence-corrected chi connectivity index (χ4v) is 1.41. The van der Waals surface area contributed by atoms with E-state index in [4.69, 9.17) is 5.73 Å². The van der Waals surface area contributed by atoms with Crippen LogP contribution in [0.25, 0.3) is 5.57 Å². The summed E-state index contributed by atoms with van der Waals surface area (Å²) in [4.78, 5) is 12.2. The third-order valence-corrected chi connectivity index (χ3v) is 2.37. The van der Waals surface area contributed by atoms with Crippen LogP contribution in [-0.2, 0) is 4.79 Å². The van der Waals surface area contributed by atoms with Crippen molar-refractivity contribution >= 4 is 17.2 Å². The highest BCUT2D eigenvalue weighted by Gasteiger charge is 2.31. The Labute approximate surface area is 107 Å². The molecule has 1 aromatic rings. The molecule has 0 spiro atoms. The second-order valence-corrected chi connectivity index (χ2v) is 3.99. The van der Waals surface area contributed by atoms with Crippen LogP contribution in [0.1, 0.15) is 5.56 Å². The number of anilines is 1. The van der Waals surface area contributed by atoms with E-state index >= 15 is 0 Å². The zero-order valence-corrected chi connectivity index (χ0v) is 10.1. The topological polar surface area (TPSA) is 46.3 Å². The van der Waals surface area contributed by atoms with Gasteiger partial charge in [-0.15, -0.1) is 0 Å². The number of nitrogens with zero attached hydrogens (tertiary/aromatic N) is 1. The number of carbonyl (C=O) groups excluding carboxylic acids is 1. The summed E-state index contributed by atoms with van der Waals surface area (Å²) < 4.78 is 49.7. The van der Waals surface area contributed by atoms with Crippen molar-refractivity contribution in [1.82, 2.24) is 4.90 Å². The number of amides is 1. The van der Waals surface area contributed by atoms with Crippen molar-refractivity contribution in [2.75, 3.05) is 19.3 Å². The molecule has 2 N–H and O–H groups in total. The predicted octanol–water partition coefficient (Wildman–Crippen LogP) is 2.44. The minimum Gasteiger partial charge on any atom is -0.396 e. The lowest BCUT2D eigenvalue weighted by Gasteiger charge is -2.20. The van der Waals surface area contributed by atoms with Crippen LogP contribution < -0.4 is 5.73 Å². The number of rotatable bonds is 3. The molecule has 0 fully saturated rings. The lowest BCUT2D eigenvalue weighted by Crippen LogP contribution is -2.36. The second-order valence-electron chi connectivity index (χ2n) is 3.99. The molecule has 0 aromatic heterocycles. The van der Waals surface area contributed by atoms with Gasteiger partial charge in [0.05, 0.1) is 5.69 Å². The van der Waals surface area contributed by atoms with Crippen molar-refractivity contribution in [1.29, 1.82) is 0 Å². The third-order valence-electron chi connectivity index (χ3n) is 2.37. The van der Waals surface area contributed by atoms with E-state index in [0.29, 0.717) is 4.90 Å². The molecule has 0 atom stereocenters. The minimum absolute atomic E-state index is 0.0886. The average Bonchev–Trinajstić information content (AvgIpc) is 2.28. The molecule has 1 rings (SSSR count).